The molecule has 0 unspecified atom stereocenters. The molecule has 0 aliphatic heterocycles. The number of benzene rings is 2. The van der Waals surface area contributed by atoms with Gasteiger partial charge in [0.1, 0.15) is 4.99 Å². The van der Waals surface area contributed by atoms with E-state index in [4.69, 9.17) is 23.7 Å². The molecule has 5 nitrogen and oxygen atoms in total. The summed E-state index contributed by atoms with van der Waals surface area (Å²) in [6.07, 6.45) is 5.85. The third-order valence-corrected chi connectivity index (χ3v) is 4.51. The Morgan fingerprint density at radius 2 is 2.08 bits per heavy atom. The fourth-order valence-corrected chi connectivity index (χ4v) is 3.20. The quantitative estimate of drug-likeness (QED) is 0.390. The molecule has 25 heavy (non-hydrogen) atoms. The first-order valence-corrected chi connectivity index (χ1v) is 8.29. The van der Waals surface area contributed by atoms with Crippen molar-refractivity contribution in [2.24, 2.45) is 5.73 Å². The summed E-state index contributed by atoms with van der Waals surface area (Å²) in [5.74, 6) is 0. The Morgan fingerprint density at radius 1 is 1.20 bits per heavy atom. The van der Waals surface area contributed by atoms with Crippen LogP contribution in [0.25, 0.3) is 22.0 Å². The molecule has 5 N–H and O–H groups in total. The zero-order chi connectivity index (χ0) is 17.4. The standard InChI is InChI=1S/C19H17N5S/c20-15-4-5-16-17(13-2-1-3-14(6-13)19(21)25)11-24(18(16)7-15)10-12-8-22-23-9-12/h1-9,11H,10,20H2,(H2,21,25)(H,22,23). The Balaban J connectivity index is 1.89. The first kappa shape index (κ1) is 15.4. The van der Waals surface area contributed by atoms with Gasteiger partial charge in [0, 0.05) is 40.2 Å². The van der Waals surface area contributed by atoms with Crippen molar-refractivity contribution < 1.29 is 0 Å². The molecule has 0 amide bonds. The number of fused-ring (bicyclic) bond motifs is 1. The van der Waals surface area contributed by atoms with E-state index in [2.05, 4.69) is 33.1 Å². The van der Waals surface area contributed by atoms with Crippen LogP contribution in [0.4, 0.5) is 5.69 Å². The minimum atomic E-state index is 0.397. The number of nitrogens with two attached hydrogens (primary N) is 2. The summed E-state index contributed by atoms with van der Waals surface area (Å²) < 4.78 is 2.18. The molecule has 0 spiro atoms. The third-order valence-electron chi connectivity index (χ3n) is 4.27. The molecule has 4 aromatic rings. The molecule has 2 aromatic carbocycles. The number of H-pyrrole nitrogens is 1. The lowest BCUT2D eigenvalue weighted by atomic mass is 10.0. The minimum Gasteiger partial charge on any atom is -0.399 e. The average molecular weight is 347 g/mol. The van der Waals surface area contributed by atoms with Crippen LogP contribution in [0.15, 0.2) is 61.1 Å². The van der Waals surface area contributed by atoms with Crippen LogP contribution in [0.3, 0.4) is 0 Å². The molecule has 0 atom stereocenters. The number of aromatic amines is 1. The third kappa shape index (κ3) is 2.88. The van der Waals surface area contributed by atoms with Crippen molar-refractivity contribution in [2.75, 3.05) is 5.73 Å². The molecule has 0 saturated heterocycles. The van der Waals surface area contributed by atoms with Gasteiger partial charge in [0.15, 0.2) is 0 Å². The van der Waals surface area contributed by atoms with Crippen LogP contribution in [0, 0.1) is 0 Å². The number of hydrogen-bond donors (Lipinski definition) is 3. The van der Waals surface area contributed by atoms with E-state index in [0.29, 0.717) is 11.5 Å². The van der Waals surface area contributed by atoms with Gasteiger partial charge < -0.3 is 16.0 Å². The Labute approximate surface area is 150 Å². The normalized spacial score (nSPS) is 11.0. The van der Waals surface area contributed by atoms with E-state index in [1.807, 2.05) is 42.7 Å². The van der Waals surface area contributed by atoms with Gasteiger partial charge >= 0.3 is 0 Å². The molecule has 0 aliphatic rings. The fraction of sp³-hybridized carbons (Fsp3) is 0.0526. The maximum absolute atomic E-state index is 6.01. The van der Waals surface area contributed by atoms with Crippen molar-refractivity contribution in [1.29, 1.82) is 0 Å². The van der Waals surface area contributed by atoms with Crippen LogP contribution < -0.4 is 11.5 Å². The predicted molar refractivity (Wildman–Crippen MR) is 105 cm³/mol. The second kappa shape index (κ2) is 6.07. The van der Waals surface area contributed by atoms with Crippen LogP contribution in [-0.2, 0) is 6.54 Å². The van der Waals surface area contributed by atoms with E-state index in [-0.39, 0.29) is 0 Å². The summed E-state index contributed by atoms with van der Waals surface area (Å²) in [6.45, 7) is 0.714. The average Bonchev–Trinajstić information content (AvgIpc) is 3.23. The maximum Gasteiger partial charge on any atom is 0.104 e. The molecule has 0 aliphatic carbocycles. The Bertz CT molecular complexity index is 1060. The molecule has 0 fully saturated rings. The molecule has 4 rings (SSSR count). The van der Waals surface area contributed by atoms with Crippen LogP contribution in [0.5, 0.6) is 0 Å². The van der Waals surface area contributed by atoms with Crippen molar-refractivity contribution in [3.05, 3.63) is 72.2 Å². The number of hydrogen-bond acceptors (Lipinski definition) is 3. The van der Waals surface area contributed by atoms with Gasteiger partial charge in [-0.15, -0.1) is 0 Å². The minimum absolute atomic E-state index is 0.397. The van der Waals surface area contributed by atoms with Gasteiger partial charge in [0.05, 0.1) is 18.3 Å². The first-order chi connectivity index (χ1) is 12.1. The van der Waals surface area contributed by atoms with Gasteiger partial charge in [-0.3, -0.25) is 5.10 Å². The lowest BCUT2D eigenvalue weighted by Crippen LogP contribution is -2.08. The molecule has 2 heterocycles. The first-order valence-electron chi connectivity index (χ1n) is 7.88. The highest BCUT2D eigenvalue weighted by Crippen LogP contribution is 2.32. The molecule has 0 saturated carbocycles. The number of nitrogens with zero attached hydrogens (tertiary/aromatic N) is 2. The summed E-state index contributed by atoms with van der Waals surface area (Å²) in [4.78, 5) is 0.397. The van der Waals surface area contributed by atoms with Gasteiger partial charge in [0.2, 0.25) is 0 Å². The fourth-order valence-electron chi connectivity index (χ4n) is 3.07. The van der Waals surface area contributed by atoms with E-state index in [1.54, 1.807) is 0 Å². The highest BCUT2D eigenvalue weighted by molar-refractivity contribution is 7.80. The van der Waals surface area contributed by atoms with Gasteiger partial charge in [-0.1, -0.05) is 36.5 Å². The Hall–Kier alpha value is -3.12. The van der Waals surface area contributed by atoms with Crippen LogP contribution in [-0.4, -0.2) is 19.8 Å². The largest absolute Gasteiger partial charge is 0.399 e. The van der Waals surface area contributed by atoms with Crippen molar-refractivity contribution in [3.8, 4) is 11.1 Å². The second-order valence-corrected chi connectivity index (χ2v) is 6.44. The monoisotopic (exact) mass is 347 g/mol. The zero-order valence-corrected chi connectivity index (χ0v) is 14.3. The van der Waals surface area contributed by atoms with Gasteiger partial charge in [-0.25, -0.2) is 0 Å². The Morgan fingerprint density at radius 3 is 2.84 bits per heavy atom. The predicted octanol–water partition coefficient (Wildman–Crippen LogP) is 3.30. The number of nitrogens with one attached hydrogen (secondary N) is 1. The number of rotatable bonds is 4. The molecule has 6 heteroatoms. The summed E-state index contributed by atoms with van der Waals surface area (Å²) >= 11 is 5.11. The summed E-state index contributed by atoms with van der Waals surface area (Å²) in [6, 6.07) is 14.0. The SMILES string of the molecule is NC(=S)c1cccc(-c2cn(Cc3cn[nH]c3)c3cc(N)ccc23)c1. The summed E-state index contributed by atoms with van der Waals surface area (Å²) in [7, 11) is 0. The van der Waals surface area contributed by atoms with E-state index in [9.17, 15) is 0 Å². The lowest BCUT2D eigenvalue weighted by Gasteiger charge is -2.03. The second-order valence-electron chi connectivity index (χ2n) is 6.00. The highest BCUT2D eigenvalue weighted by atomic mass is 32.1. The topological polar surface area (TPSA) is 85.7 Å². The summed E-state index contributed by atoms with van der Waals surface area (Å²) in [5.41, 5.74) is 17.8. The van der Waals surface area contributed by atoms with Gasteiger partial charge in [0.25, 0.3) is 0 Å². The van der Waals surface area contributed by atoms with E-state index >= 15 is 0 Å². The van der Waals surface area contributed by atoms with Crippen molar-refractivity contribution in [2.45, 2.75) is 6.54 Å². The van der Waals surface area contributed by atoms with Gasteiger partial charge in [-0.2, -0.15) is 5.10 Å². The lowest BCUT2D eigenvalue weighted by molar-refractivity contribution is 0.838. The number of aromatic nitrogens is 3. The molecular weight excluding hydrogens is 330 g/mol. The van der Waals surface area contributed by atoms with E-state index in [1.165, 1.54) is 0 Å². The Kier molecular flexibility index (Phi) is 3.74. The molecule has 2 aromatic heterocycles. The van der Waals surface area contributed by atoms with Crippen molar-refractivity contribution in [1.82, 2.24) is 14.8 Å². The van der Waals surface area contributed by atoms with E-state index in [0.717, 1.165) is 38.8 Å². The molecule has 0 radical (unpaired) electrons. The molecular formula is C19H17N5S. The molecule has 0 bridgehead atoms. The van der Waals surface area contributed by atoms with Gasteiger partial charge in [-0.05, 0) is 23.8 Å². The van der Waals surface area contributed by atoms with Crippen LogP contribution in [0.2, 0.25) is 0 Å². The van der Waals surface area contributed by atoms with Crippen molar-refractivity contribution >= 4 is 33.8 Å². The van der Waals surface area contributed by atoms with Crippen LogP contribution in [0.1, 0.15) is 11.1 Å². The zero-order valence-electron chi connectivity index (χ0n) is 13.4. The van der Waals surface area contributed by atoms with E-state index < -0.39 is 0 Å². The number of anilines is 1. The summed E-state index contributed by atoms with van der Waals surface area (Å²) in [5, 5.41) is 8.01. The van der Waals surface area contributed by atoms with Crippen LogP contribution >= 0.6 is 12.2 Å². The van der Waals surface area contributed by atoms with Crippen molar-refractivity contribution in [3.63, 3.8) is 0 Å². The highest BCUT2D eigenvalue weighted by Gasteiger charge is 2.12. The maximum atomic E-state index is 6.01. The number of thiocarbonyl (C=S) groups is 1. The smallest absolute Gasteiger partial charge is 0.104 e. The molecule has 124 valence electrons. The number of nitrogen functional groups attached to an aromatic ring is 1.